The summed E-state index contributed by atoms with van der Waals surface area (Å²) in [7, 11) is 1.60. The Hall–Kier alpha value is -4.00. The number of aromatic nitrogens is 2. The number of hydrogen-bond acceptors (Lipinski definition) is 5. The molecule has 7 heteroatoms. The van der Waals surface area contributed by atoms with Crippen LogP contribution in [0.3, 0.4) is 0 Å². The van der Waals surface area contributed by atoms with Gasteiger partial charge in [-0.25, -0.2) is 14.4 Å². The molecule has 0 unspecified atom stereocenters. The number of amides is 1. The molecule has 6 nitrogen and oxygen atoms in total. The third-order valence-electron chi connectivity index (χ3n) is 4.73. The van der Waals surface area contributed by atoms with E-state index in [-0.39, 0.29) is 18.1 Å². The molecule has 0 saturated carbocycles. The zero-order valence-electron chi connectivity index (χ0n) is 16.8. The van der Waals surface area contributed by atoms with Gasteiger partial charge in [0, 0.05) is 12.0 Å². The Morgan fingerprint density at radius 1 is 1.06 bits per heavy atom. The lowest BCUT2D eigenvalue weighted by Gasteiger charge is -2.11. The topological polar surface area (TPSA) is 77.2 Å². The number of nitrogens with one attached hydrogen (secondary N) is 1. The summed E-state index contributed by atoms with van der Waals surface area (Å²) >= 11 is 0. The van der Waals surface area contributed by atoms with Crippen molar-refractivity contribution in [3.8, 4) is 28.5 Å². The molecule has 2 heterocycles. The van der Waals surface area contributed by atoms with Gasteiger partial charge in [-0.2, -0.15) is 0 Å². The number of carbonyl (C=O) groups excluding carboxylic acids is 1. The second-order valence-electron chi connectivity index (χ2n) is 6.80. The van der Waals surface area contributed by atoms with E-state index in [1.165, 1.54) is 24.6 Å². The summed E-state index contributed by atoms with van der Waals surface area (Å²) in [6.07, 6.45) is 3.80. The number of hydrogen-bond donors (Lipinski definition) is 1. The molecule has 156 valence electrons. The van der Waals surface area contributed by atoms with Crippen molar-refractivity contribution in [3.63, 3.8) is 0 Å². The molecule has 2 aromatic heterocycles. The fourth-order valence-electron chi connectivity index (χ4n) is 3.22. The van der Waals surface area contributed by atoms with E-state index in [4.69, 9.17) is 9.15 Å². The summed E-state index contributed by atoms with van der Waals surface area (Å²) in [4.78, 5) is 21.5. The quantitative estimate of drug-likeness (QED) is 0.451. The number of halogens is 1. The Morgan fingerprint density at radius 3 is 2.61 bits per heavy atom. The standard InChI is InChI=1S/C24H20FN3O3/c1-30-19-6-3-2-5-16(19)10-13-22(29)27-21-15-26-23(17-8-11-18(25)12-9-17)24(28-21)20-7-4-14-31-20/h2-9,11-12,14-15H,10,13H2,1H3,(H,27,28,29). The lowest BCUT2D eigenvalue weighted by Crippen LogP contribution is -2.14. The minimum atomic E-state index is -0.338. The van der Waals surface area contributed by atoms with Gasteiger partial charge in [-0.3, -0.25) is 4.79 Å². The monoisotopic (exact) mass is 417 g/mol. The number of anilines is 1. The zero-order chi connectivity index (χ0) is 21.6. The first-order chi connectivity index (χ1) is 15.1. The summed E-state index contributed by atoms with van der Waals surface area (Å²) in [5.74, 6) is 1.02. The molecule has 0 atom stereocenters. The Morgan fingerprint density at radius 2 is 1.87 bits per heavy atom. The Balaban J connectivity index is 1.54. The molecule has 0 aliphatic heterocycles. The Bertz CT molecular complexity index is 1180. The molecule has 0 bridgehead atoms. The van der Waals surface area contributed by atoms with Gasteiger partial charge < -0.3 is 14.5 Å². The molecule has 0 spiro atoms. The molecular weight excluding hydrogens is 397 g/mol. The maximum atomic E-state index is 13.3. The van der Waals surface area contributed by atoms with Crippen LogP contribution in [0.15, 0.2) is 77.5 Å². The highest BCUT2D eigenvalue weighted by molar-refractivity contribution is 5.90. The fourth-order valence-corrected chi connectivity index (χ4v) is 3.22. The van der Waals surface area contributed by atoms with Crippen molar-refractivity contribution in [1.29, 1.82) is 0 Å². The summed E-state index contributed by atoms with van der Waals surface area (Å²) < 4.78 is 24.1. The van der Waals surface area contributed by atoms with Gasteiger partial charge in [0.05, 0.1) is 25.3 Å². The summed E-state index contributed by atoms with van der Waals surface area (Å²) in [6, 6.07) is 17.0. The summed E-state index contributed by atoms with van der Waals surface area (Å²) in [6.45, 7) is 0. The van der Waals surface area contributed by atoms with Gasteiger partial charge in [-0.15, -0.1) is 0 Å². The largest absolute Gasteiger partial charge is 0.496 e. The van der Waals surface area contributed by atoms with Crippen LogP contribution in [0.1, 0.15) is 12.0 Å². The number of nitrogens with zero attached hydrogens (tertiary/aromatic N) is 2. The first kappa shape index (κ1) is 20.3. The lowest BCUT2D eigenvalue weighted by atomic mass is 10.1. The van der Waals surface area contributed by atoms with E-state index in [0.29, 0.717) is 35.0 Å². The first-order valence-electron chi connectivity index (χ1n) is 9.72. The normalized spacial score (nSPS) is 10.6. The van der Waals surface area contributed by atoms with Gasteiger partial charge >= 0.3 is 0 Å². The van der Waals surface area contributed by atoms with Crippen molar-refractivity contribution >= 4 is 11.7 Å². The molecule has 0 aliphatic carbocycles. The van der Waals surface area contributed by atoms with Crippen LogP contribution in [0.2, 0.25) is 0 Å². The number of furan rings is 1. The Kier molecular flexibility index (Phi) is 6.03. The number of para-hydroxylation sites is 1. The lowest BCUT2D eigenvalue weighted by molar-refractivity contribution is -0.116. The number of benzene rings is 2. The molecule has 0 radical (unpaired) electrons. The van der Waals surface area contributed by atoms with Crippen molar-refractivity contribution in [2.75, 3.05) is 12.4 Å². The van der Waals surface area contributed by atoms with Gasteiger partial charge in [0.1, 0.15) is 17.3 Å². The summed E-state index contributed by atoms with van der Waals surface area (Å²) in [5.41, 5.74) is 2.63. The second-order valence-corrected chi connectivity index (χ2v) is 6.80. The second kappa shape index (κ2) is 9.21. The molecule has 4 aromatic rings. The average Bonchev–Trinajstić information content (AvgIpc) is 3.33. The third-order valence-corrected chi connectivity index (χ3v) is 4.73. The molecule has 4 rings (SSSR count). The van der Waals surface area contributed by atoms with Gasteiger partial charge in [-0.05, 0) is 54.4 Å². The van der Waals surface area contributed by atoms with Crippen LogP contribution >= 0.6 is 0 Å². The first-order valence-corrected chi connectivity index (χ1v) is 9.72. The zero-order valence-corrected chi connectivity index (χ0v) is 16.8. The van der Waals surface area contributed by atoms with Crippen molar-refractivity contribution < 1.29 is 18.3 Å². The number of rotatable bonds is 7. The minimum absolute atomic E-state index is 0.194. The van der Waals surface area contributed by atoms with E-state index in [0.717, 1.165) is 11.3 Å². The van der Waals surface area contributed by atoms with Crippen LogP contribution in [0.4, 0.5) is 10.2 Å². The van der Waals surface area contributed by atoms with E-state index in [9.17, 15) is 9.18 Å². The fraction of sp³-hybridized carbons (Fsp3) is 0.125. The summed E-state index contributed by atoms with van der Waals surface area (Å²) in [5, 5.41) is 2.78. The van der Waals surface area contributed by atoms with Crippen LogP contribution in [-0.4, -0.2) is 23.0 Å². The van der Waals surface area contributed by atoms with Crippen LogP contribution in [-0.2, 0) is 11.2 Å². The number of ether oxygens (including phenoxy) is 1. The highest BCUT2D eigenvalue weighted by Gasteiger charge is 2.16. The molecular formula is C24H20FN3O3. The molecule has 0 saturated heterocycles. The highest BCUT2D eigenvalue weighted by atomic mass is 19.1. The number of methoxy groups -OCH3 is 1. The van der Waals surface area contributed by atoms with Crippen LogP contribution in [0, 0.1) is 5.82 Å². The van der Waals surface area contributed by atoms with Gasteiger partial charge in [0.15, 0.2) is 11.6 Å². The molecule has 2 aromatic carbocycles. The van der Waals surface area contributed by atoms with E-state index >= 15 is 0 Å². The molecule has 0 fully saturated rings. The molecule has 31 heavy (non-hydrogen) atoms. The maximum absolute atomic E-state index is 13.3. The molecule has 0 aliphatic rings. The average molecular weight is 417 g/mol. The van der Waals surface area contributed by atoms with Crippen LogP contribution in [0.25, 0.3) is 22.7 Å². The van der Waals surface area contributed by atoms with Crippen molar-refractivity contribution in [2.45, 2.75) is 12.8 Å². The highest BCUT2D eigenvalue weighted by Crippen LogP contribution is 2.30. The Labute approximate surface area is 178 Å². The smallest absolute Gasteiger partial charge is 0.225 e. The van der Waals surface area contributed by atoms with Gasteiger partial charge in [0.2, 0.25) is 5.91 Å². The van der Waals surface area contributed by atoms with E-state index in [1.807, 2.05) is 24.3 Å². The van der Waals surface area contributed by atoms with Crippen molar-refractivity contribution in [2.24, 2.45) is 0 Å². The predicted molar refractivity (Wildman–Crippen MR) is 115 cm³/mol. The maximum Gasteiger partial charge on any atom is 0.225 e. The van der Waals surface area contributed by atoms with Gasteiger partial charge in [-0.1, -0.05) is 18.2 Å². The SMILES string of the molecule is COc1ccccc1CCC(=O)Nc1cnc(-c2ccc(F)cc2)c(-c2ccco2)n1. The minimum Gasteiger partial charge on any atom is -0.496 e. The van der Waals surface area contributed by atoms with Crippen LogP contribution in [0.5, 0.6) is 5.75 Å². The van der Waals surface area contributed by atoms with Crippen molar-refractivity contribution in [1.82, 2.24) is 9.97 Å². The van der Waals surface area contributed by atoms with Crippen molar-refractivity contribution in [3.05, 3.63) is 84.5 Å². The van der Waals surface area contributed by atoms with E-state index in [1.54, 1.807) is 31.4 Å². The predicted octanol–water partition coefficient (Wildman–Crippen LogP) is 5.12. The van der Waals surface area contributed by atoms with Crippen LogP contribution < -0.4 is 10.1 Å². The van der Waals surface area contributed by atoms with E-state index in [2.05, 4.69) is 15.3 Å². The third kappa shape index (κ3) is 4.78. The molecule has 1 amide bonds. The van der Waals surface area contributed by atoms with E-state index < -0.39 is 0 Å². The number of carbonyl (C=O) groups is 1. The van der Waals surface area contributed by atoms with Gasteiger partial charge in [0.25, 0.3) is 0 Å². The molecule has 1 N–H and O–H groups in total. The number of aryl methyl sites for hydroxylation is 1.